The van der Waals surface area contributed by atoms with E-state index < -0.39 is 7.92 Å². The van der Waals surface area contributed by atoms with E-state index in [0.717, 1.165) is 24.0 Å². The van der Waals surface area contributed by atoms with E-state index >= 15 is 0 Å². The van der Waals surface area contributed by atoms with E-state index in [0.29, 0.717) is 16.4 Å². The third kappa shape index (κ3) is 3.77. The topological polar surface area (TPSA) is 44.0 Å². The fourth-order valence-corrected chi connectivity index (χ4v) is 11.5. The molecule has 0 bridgehead atoms. The number of hydrogen-bond acceptors (Lipinski definition) is 2. The number of hydrogen-bond donors (Lipinski definition) is 0. The van der Waals surface area contributed by atoms with Crippen LogP contribution in [0.5, 0.6) is 0 Å². The largest absolute Gasteiger partial charge is 0.274 e. The Hall–Kier alpha value is -4.01. The first-order chi connectivity index (χ1) is 20.2. The van der Waals surface area contributed by atoms with Crippen LogP contribution in [-0.2, 0) is 0 Å². The molecule has 6 aromatic rings. The van der Waals surface area contributed by atoms with Gasteiger partial charge in [0.1, 0.15) is 11.6 Å². The smallest absolute Gasteiger partial charge is 0.267 e. The fourth-order valence-electron chi connectivity index (χ4n) is 7.46. The third-order valence-corrected chi connectivity index (χ3v) is 12.7. The van der Waals surface area contributed by atoms with Crippen molar-refractivity contribution in [3.05, 3.63) is 141 Å². The summed E-state index contributed by atoms with van der Waals surface area (Å²) in [5.74, 6) is -0.374. The van der Waals surface area contributed by atoms with E-state index in [2.05, 4.69) is 84.9 Å². The second kappa shape index (κ2) is 9.82. The summed E-state index contributed by atoms with van der Waals surface area (Å²) in [4.78, 5) is 29.1. The Kier molecular flexibility index (Phi) is 5.93. The Balaban J connectivity index is 1.52. The first-order valence-corrected chi connectivity index (χ1v) is 16.3. The van der Waals surface area contributed by atoms with Gasteiger partial charge in [0.25, 0.3) is 11.1 Å². The van der Waals surface area contributed by atoms with Gasteiger partial charge in [-0.3, -0.25) is 9.59 Å². The number of fused-ring (bicyclic) bond motifs is 4. The molecule has 202 valence electrons. The van der Waals surface area contributed by atoms with Gasteiger partial charge >= 0.3 is 0 Å². The van der Waals surface area contributed by atoms with Gasteiger partial charge in [-0.25, -0.2) is 9.36 Å². The summed E-state index contributed by atoms with van der Waals surface area (Å²) in [5.41, 5.74) is 2.65. The Bertz CT molecular complexity index is 1920. The van der Waals surface area contributed by atoms with Crippen LogP contribution in [0.3, 0.4) is 0 Å². The number of aromatic nitrogens is 2. The molecular weight excluding hydrogens is 523 g/mol. The highest BCUT2D eigenvalue weighted by molar-refractivity contribution is 7.59. The van der Waals surface area contributed by atoms with Gasteiger partial charge < -0.3 is 0 Å². The number of benzene rings is 5. The van der Waals surface area contributed by atoms with Crippen LogP contribution in [-0.4, -0.2) is 15.0 Å². The average molecular weight is 555 g/mol. The van der Waals surface area contributed by atoms with Crippen molar-refractivity contribution in [3.63, 3.8) is 0 Å². The lowest BCUT2D eigenvalue weighted by Crippen LogP contribution is -2.37. The molecule has 2 atom stereocenters. The van der Waals surface area contributed by atoms with E-state index in [1.54, 1.807) is 0 Å². The summed E-state index contributed by atoms with van der Waals surface area (Å²) in [7, 11) is -0.885. The summed E-state index contributed by atoms with van der Waals surface area (Å²) >= 11 is 0. The molecule has 5 aromatic carbocycles. The molecule has 0 unspecified atom stereocenters. The van der Waals surface area contributed by atoms with Crippen LogP contribution in [0.4, 0.5) is 0 Å². The molecule has 1 aliphatic carbocycles. The minimum Gasteiger partial charge on any atom is -0.267 e. The van der Waals surface area contributed by atoms with Crippen molar-refractivity contribution in [1.29, 1.82) is 0 Å². The van der Waals surface area contributed by atoms with Crippen molar-refractivity contribution >= 4 is 40.2 Å². The van der Waals surface area contributed by atoms with Crippen molar-refractivity contribution in [2.75, 3.05) is 0 Å². The molecule has 2 aliphatic rings. The molecule has 2 heterocycles. The molecule has 41 heavy (non-hydrogen) atoms. The van der Waals surface area contributed by atoms with Crippen molar-refractivity contribution < 1.29 is 0 Å². The summed E-state index contributed by atoms with van der Waals surface area (Å²) in [6, 6.07) is 37.3. The fraction of sp³-hybridized carbons (Fsp3) is 0.222. The summed E-state index contributed by atoms with van der Waals surface area (Å²) in [5, 5.41) is 5.69. The maximum atomic E-state index is 14.6. The summed E-state index contributed by atoms with van der Waals surface area (Å²) in [6.07, 6.45) is 5.96. The third-order valence-electron chi connectivity index (χ3n) is 9.26. The quantitative estimate of drug-likeness (QED) is 0.206. The Morgan fingerprint density at radius 3 is 1.39 bits per heavy atom. The second-order valence-electron chi connectivity index (χ2n) is 11.5. The maximum absolute atomic E-state index is 14.6. The monoisotopic (exact) mass is 554 g/mol. The van der Waals surface area contributed by atoms with Gasteiger partial charge in [-0.1, -0.05) is 116 Å². The standard InChI is InChI=1S/C36H31N2O2P/c39-33-29-20-8-9-21-30(29)34(40)38-36(32-23-11-15-25-13-5-7-19-28(25)32)41(26-16-2-1-3-17-26)35(37(33)38)31-22-10-14-24-12-4-6-18-27(24)31/h4-15,18-23,26,35-36H,1-3,16-17H2/t35-,36-/m0/s1. The maximum Gasteiger partial charge on any atom is 0.274 e. The summed E-state index contributed by atoms with van der Waals surface area (Å²) < 4.78 is 3.78. The Labute approximate surface area is 239 Å². The average Bonchev–Trinajstić information content (AvgIpc) is 3.40. The Morgan fingerprint density at radius 1 is 0.488 bits per heavy atom. The second-order valence-corrected chi connectivity index (χ2v) is 14.1. The zero-order valence-electron chi connectivity index (χ0n) is 22.8. The molecule has 1 aromatic heterocycles. The normalized spacial score (nSPS) is 19.7. The number of rotatable bonds is 3. The molecule has 4 nitrogen and oxygen atoms in total. The SMILES string of the molecule is O=c1c2ccccc2c(=O)n2n1[C@H](c1cccc3ccccc13)P(C1CCCCC1)[C@H]2c1cccc2ccccc12. The summed E-state index contributed by atoms with van der Waals surface area (Å²) in [6.45, 7) is 0. The van der Waals surface area contributed by atoms with Crippen molar-refractivity contribution in [3.8, 4) is 0 Å². The van der Waals surface area contributed by atoms with Crippen molar-refractivity contribution in [2.24, 2.45) is 0 Å². The van der Waals surface area contributed by atoms with Gasteiger partial charge in [-0.2, -0.15) is 0 Å². The molecule has 5 heteroatoms. The first kappa shape index (κ1) is 24.8. The predicted molar refractivity (Wildman–Crippen MR) is 170 cm³/mol. The highest BCUT2D eigenvalue weighted by atomic mass is 31.1. The zero-order valence-corrected chi connectivity index (χ0v) is 23.7. The molecule has 0 amide bonds. The van der Waals surface area contributed by atoms with Crippen LogP contribution >= 0.6 is 7.92 Å². The van der Waals surface area contributed by atoms with Crippen LogP contribution in [0, 0.1) is 0 Å². The van der Waals surface area contributed by atoms with Crippen LogP contribution in [0.1, 0.15) is 54.8 Å². The zero-order chi connectivity index (χ0) is 27.5. The highest BCUT2D eigenvalue weighted by Gasteiger charge is 2.48. The van der Waals surface area contributed by atoms with Crippen LogP contribution in [0.25, 0.3) is 32.3 Å². The molecular formula is C36H31N2O2P. The molecule has 1 aliphatic heterocycles. The molecule has 8 rings (SSSR count). The van der Waals surface area contributed by atoms with E-state index in [9.17, 15) is 9.59 Å². The van der Waals surface area contributed by atoms with E-state index in [-0.39, 0.29) is 22.7 Å². The molecule has 1 fully saturated rings. The van der Waals surface area contributed by atoms with Gasteiger partial charge in [-0.05, 0) is 71.2 Å². The van der Waals surface area contributed by atoms with Gasteiger partial charge in [0, 0.05) is 0 Å². The Morgan fingerprint density at radius 2 is 0.902 bits per heavy atom. The van der Waals surface area contributed by atoms with Gasteiger partial charge in [0.05, 0.1) is 10.8 Å². The molecule has 1 saturated carbocycles. The molecule has 0 N–H and O–H groups in total. The van der Waals surface area contributed by atoms with Crippen molar-refractivity contribution in [1.82, 2.24) is 9.36 Å². The van der Waals surface area contributed by atoms with E-state index in [1.165, 1.54) is 40.8 Å². The van der Waals surface area contributed by atoms with Crippen molar-refractivity contribution in [2.45, 2.75) is 49.3 Å². The van der Waals surface area contributed by atoms with Crippen LogP contribution < -0.4 is 11.1 Å². The van der Waals surface area contributed by atoms with Gasteiger partial charge in [-0.15, -0.1) is 0 Å². The minimum atomic E-state index is -0.885. The van der Waals surface area contributed by atoms with E-state index in [4.69, 9.17) is 0 Å². The lowest BCUT2D eigenvalue weighted by molar-refractivity contribution is 0.496. The lowest BCUT2D eigenvalue weighted by atomic mass is 10.0. The van der Waals surface area contributed by atoms with E-state index in [1.807, 2.05) is 33.6 Å². The first-order valence-electron chi connectivity index (χ1n) is 14.7. The van der Waals surface area contributed by atoms with Crippen LogP contribution in [0.15, 0.2) is 119 Å². The molecule has 0 saturated heterocycles. The molecule has 0 spiro atoms. The minimum absolute atomic E-state index is 0.0656. The predicted octanol–water partition coefficient (Wildman–Crippen LogP) is 8.39. The van der Waals surface area contributed by atoms with Gasteiger partial charge in [0.15, 0.2) is 0 Å². The lowest BCUT2D eigenvalue weighted by Gasteiger charge is -2.35. The van der Waals surface area contributed by atoms with Gasteiger partial charge in [0.2, 0.25) is 0 Å². The highest BCUT2D eigenvalue weighted by Crippen LogP contribution is 2.71. The van der Waals surface area contributed by atoms with Crippen LogP contribution in [0.2, 0.25) is 0 Å². The number of nitrogens with zero attached hydrogens (tertiary/aromatic N) is 2. The molecule has 0 radical (unpaired) electrons.